The molecule has 2 aliphatic rings. The minimum atomic E-state index is -0.702. The molecule has 4 N–H and O–H groups in total. The molecule has 8 nitrogen and oxygen atoms in total. The number of anilines is 2. The summed E-state index contributed by atoms with van der Waals surface area (Å²) in [4.78, 5) is 19.6. The molecule has 1 aromatic carbocycles. The van der Waals surface area contributed by atoms with Gasteiger partial charge in [-0.25, -0.2) is 0 Å². The summed E-state index contributed by atoms with van der Waals surface area (Å²) in [6, 6.07) is 8.67. The number of nitrogens with two attached hydrogens (primary N) is 1. The number of nitrogen functional groups attached to an aromatic ring is 1. The van der Waals surface area contributed by atoms with Crippen molar-refractivity contribution in [1.82, 2.24) is 20.1 Å². The third-order valence-corrected chi connectivity index (χ3v) is 6.91. The van der Waals surface area contributed by atoms with Gasteiger partial charge in [0.25, 0.3) is 0 Å². The average molecular weight is 433 g/mol. The topological polar surface area (TPSA) is 111 Å². The van der Waals surface area contributed by atoms with Crippen molar-refractivity contribution in [3.05, 3.63) is 34.9 Å². The van der Waals surface area contributed by atoms with E-state index in [1.54, 1.807) is 0 Å². The smallest absolute Gasteiger partial charge is 0.310 e. The fourth-order valence-electron chi connectivity index (χ4n) is 4.79. The SMILES string of the molecule is CC1(C(=O)O)CC[C@H](Cc2ccc(Cl)cc2)N(C2CCN(c3nnc(N)[nH]3)CC2)C1. The molecule has 0 bridgehead atoms. The number of nitrogens with zero attached hydrogens (tertiary/aromatic N) is 4. The number of aliphatic carboxylic acids is 1. The second-order valence-corrected chi connectivity index (χ2v) is 9.25. The Hall–Kier alpha value is -2.32. The molecule has 2 atom stereocenters. The molecule has 162 valence electrons. The highest BCUT2D eigenvalue weighted by Crippen LogP contribution is 2.37. The normalized spacial score (nSPS) is 26.1. The first-order chi connectivity index (χ1) is 14.3. The summed E-state index contributed by atoms with van der Waals surface area (Å²) < 4.78 is 0. The molecule has 0 spiro atoms. The second-order valence-electron chi connectivity index (χ2n) is 8.81. The van der Waals surface area contributed by atoms with Crippen molar-refractivity contribution in [1.29, 1.82) is 0 Å². The fraction of sp³-hybridized carbons (Fsp3) is 0.571. The molecule has 9 heteroatoms. The summed E-state index contributed by atoms with van der Waals surface area (Å²) in [5.74, 6) is 0.327. The van der Waals surface area contributed by atoms with E-state index in [9.17, 15) is 9.90 Å². The molecule has 2 fully saturated rings. The summed E-state index contributed by atoms with van der Waals surface area (Å²) in [5.41, 5.74) is 6.20. The van der Waals surface area contributed by atoms with Crippen LogP contribution in [0.15, 0.2) is 24.3 Å². The molecule has 0 radical (unpaired) electrons. The third kappa shape index (κ3) is 4.39. The highest BCUT2D eigenvalue weighted by Gasteiger charge is 2.44. The molecule has 2 aromatic rings. The van der Waals surface area contributed by atoms with Crippen molar-refractivity contribution in [2.45, 2.75) is 51.1 Å². The fourth-order valence-corrected chi connectivity index (χ4v) is 4.92. The van der Waals surface area contributed by atoms with E-state index in [0.29, 0.717) is 36.9 Å². The van der Waals surface area contributed by atoms with Crippen molar-refractivity contribution < 1.29 is 9.90 Å². The van der Waals surface area contributed by atoms with Crippen molar-refractivity contribution >= 4 is 29.5 Å². The number of hydrogen-bond acceptors (Lipinski definition) is 6. The Kier molecular flexibility index (Phi) is 5.88. The predicted molar refractivity (Wildman–Crippen MR) is 117 cm³/mol. The highest BCUT2D eigenvalue weighted by molar-refractivity contribution is 6.30. The number of aromatic nitrogens is 3. The Labute approximate surface area is 181 Å². The quantitative estimate of drug-likeness (QED) is 0.666. The van der Waals surface area contributed by atoms with Gasteiger partial charge in [-0.15, -0.1) is 10.2 Å². The van der Waals surface area contributed by atoms with Gasteiger partial charge in [-0.2, -0.15) is 0 Å². The van der Waals surface area contributed by atoms with Crippen molar-refractivity contribution in [3.8, 4) is 0 Å². The summed E-state index contributed by atoms with van der Waals surface area (Å²) in [6.45, 7) is 4.15. The summed E-state index contributed by atoms with van der Waals surface area (Å²) in [5, 5.41) is 18.5. The number of H-pyrrole nitrogens is 1. The molecule has 2 saturated heterocycles. The molecule has 2 aliphatic heterocycles. The summed E-state index contributed by atoms with van der Waals surface area (Å²) in [7, 11) is 0. The van der Waals surface area contributed by atoms with Crippen LogP contribution in [0, 0.1) is 5.41 Å². The van der Waals surface area contributed by atoms with E-state index in [1.165, 1.54) is 5.56 Å². The van der Waals surface area contributed by atoms with E-state index in [-0.39, 0.29) is 0 Å². The van der Waals surface area contributed by atoms with Crippen LogP contribution in [-0.4, -0.2) is 62.9 Å². The predicted octanol–water partition coefficient (Wildman–Crippen LogP) is 2.81. The van der Waals surface area contributed by atoms with E-state index in [4.69, 9.17) is 17.3 Å². The number of likely N-dealkylation sites (tertiary alicyclic amines) is 1. The maximum atomic E-state index is 12.0. The molecule has 1 unspecified atom stereocenters. The molecule has 0 aliphatic carbocycles. The number of halogens is 1. The first-order valence-electron chi connectivity index (χ1n) is 10.5. The first kappa shape index (κ1) is 20.9. The number of piperidine rings is 2. The Morgan fingerprint density at radius 1 is 1.27 bits per heavy atom. The van der Waals surface area contributed by atoms with Gasteiger partial charge in [0.2, 0.25) is 11.9 Å². The molecule has 4 rings (SSSR count). The summed E-state index contributed by atoms with van der Waals surface area (Å²) in [6.07, 6.45) is 4.39. The van der Waals surface area contributed by atoms with Gasteiger partial charge < -0.3 is 15.7 Å². The van der Waals surface area contributed by atoms with Gasteiger partial charge in [0.15, 0.2) is 0 Å². The molecule has 0 saturated carbocycles. The number of rotatable bonds is 5. The Morgan fingerprint density at radius 2 is 1.97 bits per heavy atom. The first-order valence-corrected chi connectivity index (χ1v) is 10.9. The second kappa shape index (κ2) is 8.43. The lowest BCUT2D eigenvalue weighted by molar-refractivity contribution is -0.153. The van der Waals surface area contributed by atoms with Gasteiger partial charge in [0, 0.05) is 36.7 Å². The number of carboxylic acid groups (broad SMARTS) is 1. The number of carboxylic acids is 1. The average Bonchev–Trinajstić information content (AvgIpc) is 3.17. The zero-order valence-corrected chi connectivity index (χ0v) is 18.0. The zero-order valence-electron chi connectivity index (χ0n) is 17.2. The van der Waals surface area contributed by atoms with E-state index >= 15 is 0 Å². The summed E-state index contributed by atoms with van der Waals surface area (Å²) >= 11 is 6.04. The van der Waals surface area contributed by atoms with Crippen LogP contribution in [-0.2, 0) is 11.2 Å². The maximum absolute atomic E-state index is 12.0. The number of aromatic amines is 1. The van der Waals surface area contributed by atoms with Crippen LogP contribution in [0.3, 0.4) is 0 Å². The monoisotopic (exact) mass is 432 g/mol. The van der Waals surface area contributed by atoms with Gasteiger partial charge in [-0.1, -0.05) is 23.7 Å². The van der Waals surface area contributed by atoms with Gasteiger partial charge in [0.05, 0.1) is 5.41 Å². The number of benzene rings is 1. The van der Waals surface area contributed by atoms with E-state index < -0.39 is 11.4 Å². The van der Waals surface area contributed by atoms with Gasteiger partial charge >= 0.3 is 5.97 Å². The Balaban J connectivity index is 1.48. The number of carbonyl (C=O) groups is 1. The minimum absolute atomic E-state index is 0.323. The zero-order chi connectivity index (χ0) is 21.3. The molecular weight excluding hydrogens is 404 g/mol. The van der Waals surface area contributed by atoms with Crippen molar-refractivity contribution in [2.75, 3.05) is 30.3 Å². The third-order valence-electron chi connectivity index (χ3n) is 6.66. The lowest BCUT2D eigenvalue weighted by Crippen LogP contribution is -2.57. The van der Waals surface area contributed by atoms with Gasteiger partial charge in [0.1, 0.15) is 0 Å². The van der Waals surface area contributed by atoms with Crippen LogP contribution in [0.4, 0.5) is 11.9 Å². The van der Waals surface area contributed by atoms with Crippen LogP contribution in [0.1, 0.15) is 38.2 Å². The molecular formula is C21H29ClN6O2. The standard InChI is InChI=1S/C21H29ClN6O2/c1-21(18(29)30)9-6-17(12-14-2-4-15(22)5-3-14)28(13-21)16-7-10-27(11-8-16)20-24-19(23)25-26-20/h2-5,16-17H,6-13H2,1H3,(H,29,30)(H3,23,24,25,26)/t17-,21?/m1/s1. The number of nitrogens with one attached hydrogen (secondary N) is 1. The van der Waals surface area contributed by atoms with Crippen LogP contribution in [0.5, 0.6) is 0 Å². The minimum Gasteiger partial charge on any atom is -0.481 e. The van der Waals surface area contributed by atoms with Crippen LogP contribution < -0.4 is 10.6 Å². The largest absolute Gasteiger partial charge is 0.481 e. The highest BCUT2D eigenvalue weighted by atomic mass is 35.5. The molecule has 30 heavy (non-hydrogen) atoms. The van der Waals surface area contributed by atoms with Crippen LogP contribution >= 0.6 is 11.6 Å². The van der Waals surface area contributed by atoms with Gasteiger partial charge in [-0.3, -0.25) is 14.7 Å². The van der Waals surface area contributed by atoms with E-state index in [1.807, 2.05) is 19.1 Å². The Bertz CT molecular complexity index is 880. The maximum Gasteiger partial charge on any atom is 0.310 e. The van der Waals surface area contributed by atoms with Crippen LogP contribution in [0.2, 0.25) is 5.02 Å². The molecule has 1 aromatic heterocycles. The molecule has 0 amide bonds. The Morgan fingerprint density at radius 3 is 2.57 bits per heavy atom. The number of hydrogen-bond donors (Lipinski definition) is 3. The van der Waals surface area contributed by atoms with Crippen molar-refractivity contribution in [2.24, 2.45) is 5.41 Å². The van der Waals surface area contributed by atoms with Crippen LogP contribution in [0.25, 0.3) is 0 Å². The van der Waals surface area contributed by atoms with E-state index in [2.05, 4.69) is 37.1 Å². The molecule has 3 heterocycles. The van der Waals surface area contributed by atoms with Crippen molar-refractivity contribution in [3.63, 3.8) is 0 Å². The van der Waals surface area contributed by atoms with Gasteiger partial charge in [-0.05, 0) is 56.7 Å². The van der Waals surface area contributed by atoms with E-state index in [0.717, 1.165) is 43.8 Å². The lowest BCUT2D eigenvalue weighted by Gasteiger charge is -2.49. The lowest BCUT2D eigenvalue weighted by atomic mass is 9.77.